The Morgan fingerprint density at radius 2 is 1.79 bits per heavy atom. The van der Waals surface area contributed by atoms with E-state index < -0.39 is 10.0 Å². The Kier molecular flexibility index (Phi) is 6.91. The molecule has 0 saturated carbocycles. The molecule has 1 aliphatic rings. The summed E-state index contributed by atoms with van der Waals surface area (Å²) in [5, 5.41) is 10.9. The highest BCUT2D eigenvalue weighted by molar-refractivity contribution is 7.89. The minimum atomic E-state index is -3.54. The zero-order chi connectivity index (χ0) is 23.5. The average Bonchev–Trinajstić information content (AvgIpc) is 3.60. The van der Waals surface area contributed by atoms with Gasteiger partial charge in [0.25, 0.3) is 0 Å². The van der Waals surface area contributed by atoms with E-state index >= 15 is 0 Å². The summed E-state index contributed by atoms with van der Waals surface area (Å²) in [6.07, 6.45) is 1.86. The van der Waals surface area contributed by atoms with Gasteiger partial charge in [-0.25, -0.2) is 18.1 Å². The Morgan fingerprint density at radius 1 is 1.00 bits per heavy atom. The average molecular weight is 531 g/mol. The number of aryl methyl sites for hydroxylation is 1. The van der Waals surface area contributed by atoms with E-state index in [1.165, 1.54) is 21.2 Å². The number of ether oxygens (including phenoxy) is 1. The number of rotatable bonds is 6. The zero-order valence-corrected chi connectivity index (χ0v) is 21.6. The molecule has 0 spiro atoms. The molecule has 0 N–H and O–H groups in total. The van der Waals surface area contributed by atoms with Gasteiger partial charge in [0, 0.05) is 18.5 Å². The number of nitrogens with zero attached hydrogens (tertiary/aromatic N) is 4. The Balaban J connectivity index is 1.50. The first-order valence-electron chi connectivity index (χ1n) is 10.6. The Labute approximate surface area is 210 Å². The molecule has 7 nitrogen and oxygen atoms in total. The second-order valence-corrected chi connectivity index (χ2v) is 12.2. The predicted octanol–water partition coefficient (Wildman–Crippen LogP) is 4.78. The molecule has 4 aromatic rings. The lowest BCUT2D eigenvalue weighted by molar-refractivity contribution is 0.0730. The van der Waals surface area contributed by atoms with Gasteiger partial charge in [-0.3, -0.25) is 0 Å². The van der Waals surface area contributed by atoms with Gasteiger partial charge in [0.1, 0.15) is 0 Å². The first-order chi connectivity index (χ1) is 16.5. The Hall–Kier alpha value is -2.41. The number of thiazole rings is 1. The zero-order valence-electron chi connectivity index (χ0n) is 18.3. The lowest BCUT2D eigenvalue weighted by atomic mass is 10.3. The third kappa shape index (κ3) is 4.85. The molecule has 0 amide bonds. The summed E-state index contributed by atoms with van der Waals surface area (Å²) >= 11 is 4.79. The van der Waals surface area contributed by atoms with Crippen molar-refractivity contribution in [3.63, 3.8) is 0 Å². The second-order valence-electron chi connectivity index (χ2n) is 7.53. The molecule has 1 saturated heterocycles. The molecule has 1 aliphatic heterocycles. The molecule has 34 heavy (non-hydrogen) atoms. The number of thiophene rings is 2. The molecule has 0 radical (unpaired) electrons. The van der Waals surface area contributed by atoms with Gasteiger partial charge in [0.05, 0.1) is 45.5 Å². The van der Waals surface area contributed by atoms with Crippen LogP contribution in [0.3, 0.4) is 0 Å². The fraction of sp³-hybridized carbons (Fsp3) is 0.217. The molecule has 4 heterocycles. The maximum Gasteiger partial charge on any atom is 0.243 e. The normalized spacial score (nSPS) is 16.0. The van der Waals surface area contributed by atoms with Crippen LogP contribution in [0.1, 0.15) is 10.4 Å². The van der Waals surface area contributed by atoms with E-state index in [0.717, 1.165) is 15.4 Å². The standard InChI is InChI=1S/C23H22N4O3S4/c1-17-8-14-32-22(17)15-24-27-20(21-3-2-13-31-21)16-33-23(27)25-18-4-6-19(7-5-18)34(28,29)26-9-11-30-12-10-26/h2-8,13-16H,9-12H2,1H3. The van der Waals surface area contributed by atoms with Crippen LogP contribution >= 0.6 is 34.0 Å². The molecular weight excluding hydrogens is 509 g/mol. The van der Waals surface area contributed by atoms with Crippen LogP contribution in [0.4, 0.5) is 5.69 Å². The monoisotopic (exact) mass is 530 g/mol. The van der Waals surface area contributed by atoms with Crippen LogP contribution in [0.2, 0.25) is 0 Å². The van der Waals surface area contributed by atoms with E-state index in [-0.39, 0.29) is 4.90 Å². The van der Waals surface area contributed by atoms with E-state index in [0.29, 0.717) is 36.8 Å². The second kappa shape index (κ2) is 10.1. The van der Waals surface area contributed by atoms with Crippen LogP contribution in [-0.4, -0.2) is 49.9 Å². The molecule has 1 aromatic carbocycles. The molecule has 1 fully saturated rings. The van der Waals surface area contributed by atoms with Gasteiger partial charge < -0.3 is 4.74 Å². The van der Waals surface area contributed by atoms with Crippen molar-refractivity contribution in [2.24, 2.45) is 10.1 Å². The summed E-state index contributed by atoms with van der Waals surface area (Å²) in [7, 11) is -3.54. The molecule has 5 rings (SSSR count). The van der Waals surface area contributed by atoms with Crippen LogP contribution < -0.4 is 4.80 Å². The topological polar surface area (TPSA) is 76.3 Å². The van der Waals surface area contributed by atoms with Gasteiger partial charge in [-0.15, -0.1) is 34.0 Å². The molecule has 0 bridgehead atoms. The summed E-state index contributed by atoms with van der Waals surface area (Å²) in [4.78, 5) is 7.94. The lowest BCUT2D eigenvalue weighted by Crippen LogP contribution is -2.40. The number of sulfonamides is 1. The number of hydrogen-bond donors (Lipinski definition) is 0. The molecule has 0 aliphatic carbocycles. The Bertz CT molecular complexity index is 1460. The van der Waals surface area contributed by atoms with Crippen molar-refractivity contribution in [3.8, 4) is 10.6 Å². The van der Waals surface area contributed by atoms with Crippen LogP contribution in [0, 0.1) is 6.92 Å². The van der Waals surface area contributed by atoms with Crippen molar-refractivity contribution in [2.45, 2.75) is 11.8 Å². The van der Waals surface area contributed by atoms with Crippen molar-refractivity contribution in [1.29, 1.82) is 0 Å². The lowest BCUT2D eigenvalue weighted by Gasteiger charge is -2.26. The first-order valence-corrected chi connectivity index (χ1v) is 14.7. The van der Waals surface area contributed by atoms with Crippen LogP contribution in [0.25, 0.3) is 10.6 Å². The Morgan fingerprint density at radius 3 is 2.47 bits per heavy atom. The minimum Gasteiger partial charge on any atom is -0.379 e. The van der Waals surface area contributed by atoms with Crippen LogP contribution in [0.15, 0.2) is 73.6 Å². The minimum absolute atomic E-state index is 0.262. The van der Waals surface area contributed by atoms with E-state index in [2.05, 4.69) is 19.1 Å². The first kappa shape index (κ1) is 23.3. The third-order valence-electron chi connectivity index (χ3n) is 5.32. The van der Waals surface area contributed by atoms with E-state index in [9.17, 15) is 8.42 Å². The molecule has 11 heteroatoms. The summed E-state index contributed by atoms with van der Waals surface area (Å²) in [5.74, 6) is 0. The van der Waals surface area contributed by atoms with Gasteiger partial charge >= 0.3 is 0 Å². The van der Waals surface area contributed by atoms with E-state index in [1.807, 2.05) is 33.1 Å². The maximum atomic E-state index is 12.9. The van der Waals surface area contributed by atoms with Crippen molar-refractivity contribution >= 4 is 55.9 Å². The highest BCUT2D eigenvalue weighted by Crippen LogP contribution is 2.26. The van der Waals surface area contributed by atoms with Crippen molar-refractivity contribution in [3.05, 3.63) is 73.8 Å². The number of morpholine rings is 1. The summed E-state index contributed by atoms with van der Waals surface area (Å²) in [6.45, 7) is 3.65. The van der Waals surface area contributed by atoms with Gasteiger partial charge in [-0.2, -0.15) is 9.41 Å². The van der Waals surface area contributed by atoms with E-state index in [1.54, 1.807) is 46.9 Å². The quantitative estimate of drug-likeness (QED) is 0.337. The molecule has 3 aromatic heterocycles. The van der Waals surface area contributed by atoms with Crippen molar-refractivity contribution in [1.82, 2.24) is 8.98 Å². The molecular formula is C23H22N4O3S4. The summed E-state index contributed by atoms with van der Waals surface area (Å²) < 4.78 is 34.4. The molecule has 176 valence electrons. The van der Waals surface area contributed by atoms with Crippen LogP contribution in [0.5, 0.6) is 0 Å². The molecule has 0 atom stereocenters. The van der Waals surface area contributed by atoms with Gasteiger partial charge in [0.15, 0.2) is 0 Å². The fourth-order valence-electron chi connectivity index (χ4n) is 3.45. The summed E-state index contributed by atoms with van der Waals surface area (Å²) in [6, 6.07) is 12.8. The van der Waals surface area contributed by atoms with Crippen molar-refractivity contribution < 1.29 is 13.2 Å². The van der Waals surface area contributed by atoms with Crippen LogP contribution in [-0.2, 0) is 14.8 Å². The van der Waals surface area contributed by atoms with Crippen molar-refractivity contribution in [2.75, 3.05) is 26.3 Å². The van der Waals surface area contributed by atoms with Gasteiger partial charge in [0.2, 0.25) is 14.8 Å². The number of aromatic nitrogens is 1. The predicted molar refractivity (Wildman–Crippen MR) is 139 cm³/mol. The highest BCUT2D eigenvalue weighted by Gasteiger charge is 2.26. The molecule has 0 unspecified atom stereocenters. The third-order valence-corrected chi connectivity index (χ3v) is 9.90. The fourth-order valence-corrected chi connectivity index (χ4v) is 7.29. The number of hydrogen-bond acceptors (Lipinski definition) is 8. The SMILES string of the molecule is Cc1ccsc1C=Nn1c(-c2cccs2)csc1=Nc1ccc(S(=O)(=O)N2CCOCC2)cc1. The van der Waals surface area contributed by atoms with Gasteiger partial charge in [-0.1, -0.05) is 6.07 Å². The highest BCUT2D eigenvalue weighted by atomic mass is 32.2. The smallest absolute Gasteiger partial charge is 0.243 e. The summed E-state index contributed by atoms with van der Waals surface area (Å²) in [5.41, 5.74) is 2.81. The maximum absolute atomic E-state index is 12.9. The largest absolute Gasteiger partial charge is 0.379 e. The van der Waals surface area contributed by atoms with Gasteiger partial charge in [-0.05, 0) is 59.6 Å². The number of benzene rings is 1. The van der Waals surface area contributed by atoms with E-state index in [4.69, 9.17) is 14.8 Å².